The third-order valence-electron chi connectivity index (χ3n) is 3.36. The summed E-state index contributed by atoms with van der Waals surface area (Å²) in [6.07, 6.45) is 1.21. The van der Waals surface area contributed by atoms with Crippen LogP contribution in [0.25, 0.3) is 0 Å². The van der Waals surface area contributed by atoms with Crippen LogP contribution in [0.3, 0.4) is 0 Å². The Morgan fingerprint density at radius 3 is 1.28 bits per heavy atom. The van der Waals surface area contributed by atoms with E-state index in [1.54, 1.807) is 0 Å². The first-order valence-corrected chi connectivity index (χ1v) is 11.9. The molecule has 0 amide bonds. The molecule has 0 aliphatic heterocycles. The van der Waals surface area contributed by atoms with Crippen molar-refractivity contribution in [1.29, 1.82) is 0 Å². The highest BCUT2D eigenvalue weighted by Gasteiger charge is 2.11. The molecule has 0 spiro atoms. The van der Waals surface area contributed by atoms with E-state index in [1.165, 1.54) is 16.8 Å². The van der Waals surface area contributed by atoms with Crippen LogP contribution < -0.4 is 10.6 Å². The highest BCUT2D eigenvalue weighted by atomic mass is 31.1. The first kappa shape index (κ1) is 22.0. The summed E-state index contributed by atoms with van der Waals surface area (Å²) in [5.41, 5.74) is 0. The maximum Gasteiger partial charge on any atom is 0.484 e. The van der Waals surface area contributed by atoms with Gasteiger partial charge in [-0.05, 0) is 45.5 Å². The van der Waals surface area contributed by atoms with E-state index in [4.69, 9.17) is 13.3 Å². The lowest BCUT2D eigenvalue weighted by atomic mass is 10.4. The van der Waals surface area contributed by atoms with Gasteiger partial charge in [0.1, 0.15) is 0 Å². The molecule has 2 rings (SSSR count). The van der Waals surface area contributed by atoms with Crippen LogP contribution in [0.4, 0.5) is 0 Å². The van der Waals surface area contributed by atoms with Crippen LogP contribution in [0.15, 0.2) is 60.7 Å². The first-order chi connectivity index (χ1) is 12.3. The Bertz CT molecular complexity index is 485. The minimum absolute atomic E-state index is 0.149. The van der Waals surface area contributed by atoms with Crippen LogP contribution in [-0.2, 0) is 13.3 Å². The highest BCUT2D eigenvalue weighted by Crippen LogP contribution is 2.32. The zero-order valence-electron chi connectivity index (χ0n) is 15.9. The Hall–Kier alpha value is -1.03. The third kappa shape index (κ3) is 8.75. The Kier molecular flexibility index (Phi) is 12.5. The van der Waals surface area contributed by atoms with Gasteiger partial charge in [-0.3, -0.25) is 0 Å². The van der Waals surface area contributed by atoms with Gasteiger partial charge in [0, 0.05) is 19.8 Å². The lowest BCUT2D eigenvalue weighted by molar-refractivity contribution is 0.107. The molecule has 5 heteroatoms. The molecule has 2 aromatic rings. The van der Waals surface area contributed by atoms with Crippen molar-refractivity contribution in [2.75, 3.05) is 26.0 Å². The fourth-order valence-corrected chi connectivity index (χ4v) is 5.48. The van der Waals surface area contributed by atoms with Crippen LogP contribution in [0.2, 0.25) is 0 Å². The van der Waals surface area contributed by atoms with Gasteiger partial charge >= 0.3 is 9.53 Å². The molecule has 25 heavy (non-hydrogen) atoms. The topological polar surface area (TPSA) is 27.7 Å². The van der Waals surface area contributed by atoms with E-state index >= 15 is 0 Å². The maximum absolute atomic E-state index is 5.22. The van der Waals surface area contributed by atoms with Crippen LogP contribution >= 0.6 is 7.92 Å². The molecule has 0 atom stereocenters. The largest absolute Gasteiger partial charge is 0.484 e. The Balaban J connectivity index is 0.000000275. The molecule has 0 heterocycles. The smallest absolute Gasteiger partial charge is 0.376 e. The summed E-state index contributed by atoms with van der Waals surface area (Å²) in [6.45, 7) is 10.1. The summed E-state index contributed by atoms with van der Waals surface area (Å²) < 4.78 is 15.7. The zero-order valence-corrected chi connectivity index (χ0v) is 17.9. The number of hydrogen-bond donors (Lipinski definition) is 0. The van der Waals surface area contributed by atoms with Crippen LogP contribution in [-0.4, -0.2) is 35.5 Å². The van der Waals surface area contributed by atoms with E-state index < -0.39 is 9.53 Å². The second-order valence-electron chi connectivity index (χ2n) is 5.07. The van der Waals surface area contributed by atoms with E-state index in [9.17, 15) is 0 Å². The fraction of sp³-hybridized carbons (Fsp3) is 0.400. The molecule has 0 aliphatic rings. The molecule has 0 aromatic heterocycles. The lowest BCUT2D eigenvalue weighted by Crippen LogP contribution is -2.27. The minimum atomic E-state index is -1.73. The van der Waals surface area contributed by atoms with Crippen molar-refractivity contribution in [2.45, 2.75) is 27.7 Å². The Morgan fingerprint density at radius 1 is 0.640 bits per heavy atom. The van der Waals surface area contributed by atoms with Crippen molar-refractivity contribution in [3.05, 3.63) is 60.7 Å². The van der Waals surface area contributed by atoms with Crippen molar-refractivity contribution in [2.24, 2.45) is 0 Å². The summed E-state index contributed by atoms with van der Waals surface area (Å²) in [6, 6.07) is 21.6. The molecule has 138 valence electrons. The predicted molar refractivity (Wildman–Crippen MR) is 112 cm³/mol. The minimum Gasteiger partial charge on any atom is -0.376 e. The fourth-order valence-electron chi connectivity index (χ4n) is 2.28. The highest BCUT2D eigenvalue weighted by molar-refractivity contribution is 7.72. The Morgan fingerprint density at radius 2 is 1.00 bits per heavy atom. The molecular weight excluding hydrogens is 347 g/mol. The summed E-state index contributed by atoms with van der Waals surface area (Å²) >= 11 is 0. The Labute approximate surface area is 156 Å². The molecule has 0 saturated carbocycles. The van der Waals surface area contributed by atoms with Crippen molar-refractivity contribution in [1.82, 2.24) is 0 Å². The van der Waals surface area contributed by atoms with Gasteiger partial charge in [-0.25, -0.2) is 0 Å². The van der Waals surface area contributed by atoms with E-state index in [2.05, 4.69) is 67.6 Å². The van der Waals surface area contributed by atoms with E-state index in [-0.39, 0.29) is 7.92 Å². The quantitative estimate of drug-likeness (QED) is 0.488. The molecule has 0 unspecified atom stereocenters. The second-order valence-corrected chi connectivity index (χ2v) is 9.17. The first-order valence-electron chi connectivity index (χ1n) is 8.99. The van der Waals surface area contributed by atoms with E-state index in [0.717, 1.165) is 0 Å². The molecule has 0 aliphatic carbocycles. The monoisotopic (exact) mass is 378 g/mol. The summed E-state index contributed by atoms with van der Waals surface area (Å²) in [7, 11) is -1.88. The van der Waals surface area contributed by atoms with Gasteiger partial charge in [-0.1, -0.05) is 67.6 Å². The second kappa shape index (κ2) is 14.2. The SMILES string of the molecule is CCO[SiH](OCC)OCC.CCP(c1ccccc1)c1ccccc1. The molecule has 0 N–H and O–H groups in total. The average Bonchev–Trinajstić information content (AvgIpc) is 2.65. The summed E-state index contributed by atoms with van der Waals surface area (Å²) in [4.78, 5) is 0. The van der Waals surface area contributed by atoms with Crippen molar-refractivity contribution < 1.29 is 13.3 Å². The number of benzene rings is 2. The molecule has 0 fully saturated rings. The van der Waals surface area contributed by atoms with Gasteiger partial charge in [0.15, 0.2) is 0 Å². The lowest BCUT2D eigenvalue weighted by Gasteiger charge is -2.16. The van der Waals surface area contributed by atoms with Gasteiger partial charge in [0.2, 0.25) is 0 Å². The molecule has 0 bridgehead atoms. The standard InChI is InChI=1S/C14H15P.C6H16O3Si/c1-2-15(13-9-5-3-6-10-13)14-11-7-4-8-12-14;1-4-7-10(8-5-2)9-6-3/h3-12H,2H2,1H3;10H,4-6H2,1-3H3. The van der Waals surface area contributed by atoms with E-state index in [1.807, 2.05) is 20.8 Å². The van der Waals surface area contributed by atoms with Crippen LogP contribution in [0, 0.1) is 0 Å². The van der Waals surface area contributed by atoms with E-state index in [0.29, 0.717) is 19.8 Å². The van der Waals surface area contributed by atoms with Gasteiger partial charge in [-0.2, -0.15) is 0 Å². The predicted octanol–water partition coefficient (Wildman–Crippen LogP) is 3.95. The molecule has 3 nitrogen and oxygen atoms in total. The van der Waals surface area contributed by atoms with Crippen molar-refractivity contribution in [3.63, 3.8) is 0 Å². The van der Waals surface area contributed by atoms with Gasteiger partial charge in [-0.15, -0.1) is 0 Å². The van der Waals surface area contributed by atoms with Crippen LogP contribution in [0.1, 0.15) is 27.7 Å². The summed E-state index contributed by atoms with van der Waals surface area (Å²) in [5.74, 6) is 0. The number of rotatable bonds is 9. The normalized spacial score (nSPS) is 10.6. The van der Waals surface area contributed by atoms with Gasteiger partial charge in [0.25, 0.3) is 0 Å². The third-order valence-corrected chi connectivity index (χ3v) is 7.65. The molecule has 2 aromatic carbocycles. The van der Waals surface area contributed by atoms with Crippen molar-refractivity contribution >= 4 is 28.1 Å². The van der Waals surface area contributed by atoms with Crippen LogP contribution in [0.5, 0.6) is 0 Å². The van der Waals surface area contributed by atoms with Gasteiger partial charge < -0.3 is 13.3 Å². The molecule has 0 radical (unpaired) electrons. The van der Waals surface area contributed by atoms with Gasteiger partial charge in [0.05, 0.1) is 0 Å². The zero-order chi connectivity index (χ0) is 18.3. The average molecular weight is 379 g/mol. The maximum atomic E-state index is 5.22. The molecule has 0 saturated heterocycles. The number of hydrogen-bond acceptors (Lipinski definition) is 3. The van der Waals surface area contributed by atoms with Crippen molar-refractivity contribution in [3.8, 4) is 0 Å². The summed E-state index contributed by atoms with van der Waals surface area (Å²) in [5, 5.41) is 2.95. The molecular formula is C20H31O3PSi.